The van der Waals surface area contributed by atoms with E-state index in [1.54, 1.807) is 0 Å². The molecule has 0 aliphatic carbocycles. The first-order valence-corrected chi connectivity index (χ1v) is 9.41. The predicted molar refractivity (Wildman–Crippen MR) is 114 cm³/mol. The zero-order valence-electron chi connectivity index (χ0n) is 16.2. The molecule has 0 saturated carbocycles. The van der Waals surface area contributed by atoms with Crippen LogP contribution in [0.1, 0.15) is 16.7 Å². The Morgan fingerprint density at radius 2 is 1.68 bits per heavy atom. The summed E-state index contributed by atoms with van der Waals surface area (Å²) in [7, 11) is 0. The molecule has 0 aliphatic heterocycles. The Morgan fingerprint density at radius 3 is 2.46 bits per heavy atom. The number of nitrogens with zero attached hydrogens (tertiary/aromatic N) is 2. The standard InChI is InChI=1S/C24H21N3O/c1-15-11-12-27-21(13-15)25-23(20-14-18-9-4-5-10-19(18)28-20)24(27)26-22-16(2)7-6-8-17(22)3/h4-14,26H,1-3H3. The van der Waals surface area contributed by atoms with Crippen LogP contribution in [-0.4, -0.2) is 9.38 Å². The van der Waals surface area contributed by atoms with E-state index >= 15 is 0 Å². The van der Waals surface area contributed by atoms with Crippen LogP contribution >= 0.6 is 0 Å². The van der Waals surface area contributed by atoms with Crippen molar-refractivity contribution >= 4 is 28.1 Å². The fourth-order valence-corrected chi connectivity index (χ4v) is 3.67. The molecule has 28 heavy (non-hydrogen) atoms. The number of pyridine rings is 1. The average molecular weight is 367 g/mol. The van der Waals surface area contributed by atoms with Gasteiger partial charge in [-0.3, -0.25) is 4.40 Å². The molecule has 3 heterocycles. The van der Waals surface area contributed by atoms with Crippen molar-refractivity contribution in [3.8, 4) is 11.5 Å². The van der Waals surface area contributed by atoms with Gasteiger partial charge >= 0.3 is 0 Å². The molecule has 1 N–H and O–H groups in total. The number of aryl methyl sites for hydroxylation is 3. The molecule has 0 amide bonds. The summed E-state index contributed by atoms with van der Waals surface area (Å²) >= 11 is 0. The lowest BCUT2D eigenvalue weighted by atomic mass is 10.1. The van der Waals surface area contributed by atoms with Crippen LogP contribution < -0.4 is 5.32 Å². The second-order valence-corrected chi connectivity index (χ2v) is 7.28. The molecule has 138 valence electrons. The van der Waals surface area contributed by atoms with E-state index in [1.807, 2.05) is 18.2 Å². The third-order valence-electron chi connectivity index (χ3n) is 5.17. The Balaban J connectivity index is 1.75. The number of aromatic nitrogens is 2. The summed E-state index contributed by atoms with van der Waals surface area (Å²) in [5.74, 6) is 1.67. The largest absolute Gasteiger partial charge is 0.454 e. The van der Waals surface area contributed by atoms with Gasteiger partial charge in [0.25, 0.3) is 0 Å². The summed E-state index contributed by atoms with van der Waals surface area (Å²) in [6, 6.07) is 20.6. The van der Waals surface area contributed by atoms with Gasteiger partial charge in [0, 0.05) is 17.3 Å². The van der Waals surface area contributed by atoms with Gasteiger partial charge in [0.15, 0.2) is 5.76 Å². The van der Waals surface area contributed by atoms with Crippen molar-refractivity contribution in [2.45, 2.75) is 20.8 Å². The van der Waals surface area contributed by atoms with Crippen LogP contribution in [0.5, 0.6) is 0 Å². The molecule has 0 atom stereocenters. The van der Waals surface area contributed by atoms with Gasteiger partial charge in [0.2, 0.25) is 0 Å². The number of imidazole rings is 1. The predicted octanol–water partition coefficient (Wildman–Crippen LogP) is 6.42. The highest BCUT2D eigenvalue weighted by Crippen LogP contribution is 2.36. The summed E-state index contributed by atoms with van der Waals surface area (Å²) < 4.78 is 8.22. The second kappa shape index (κ2) is 6.27. The molecule has 5 rings (SSSR count). The highest BCUT2D eigenvalue weighted by atomic mass is 16.3. The van der Waals surface area contributed by atoms with Crippen molar-refractivity contribution in [2.75, 3.05) is 5.32 Å². The van der Waals surface area contributed by atoms with Gasteiger partial charge in [-0.2, -0.15) is 0 Å². The van der Waals surface area contributed by atoms with Crippen molar-refractivity contribution in [3.05, 3.63) is 83.6 Å². The number of hydrogen-bond donors (Lipinski definition) is 1. The Bertz CT molecular complexity index is 1270. The number of rotatable bonds is 3. The van der Waals surface area contributed by atoms with E-state index in [0.717, 1.165) is 39.6 Å². The van der Waals surface area contributed by atoms with E-state index in [1.165, 1.54) is 16.7 Å². The lowest BCUT2D eigenvalue weighted by Crippen LogP contribution is -2.00. The topological polar surface area (TPSA) is 42.5 Å². The number of para-hydroxylation sites is 2. The van der Waals surface area contributed by atoms with Crippen LogP contribution in [0.15, 0.2) is 71.3 Å². The molecule has 4 nitrogen and oxygen atoms in total. The molecule has 0 fully saturated rings. The molecular weight excluding hydrogens is 346 g/mol. The first-order valence-electron chi connectivity index (χ1n) is 9.41. The maximum Gasteiger partial charge on any atom is 0.157 e. The van der Waals surface area contributed by atoms with E-state index in [0.29, 0.717) is 0 Å². The minimum atomic E-state index is 0.760. The van der Waals surface area contributed by atoms with Crippen LogP contribution in [0, 0.1) is 20.8 Å². The minimum Gasteiger partial charge on any atom is -0.454 e. The Kier molecular flexibility index (Phi) is 3.72. The molecule has 0 unspecified atom stereocenters. The van der Waals surface area contributed by atoms with Crippen molar-refractivity contribution in [2.24, 2.45) is 0 Å². The zero-order valence-corrected chi connectivity index (χ0v) is 16.2. The molecule has 0 spiro atoms. The molecule has 0 saturated heterocycles. The van der Waals surface area contributed by atoms with E-state index in [4.69, 9.17) is 9.40 Å². The third kappa shape index (κ3) is 2.65. The fraction of sp³-hybridized carbons (Fsp3) is 0.125. The molecule has 0 radical (unpaired) electrons. The van der Waals surface area contributed by atoms with Gasteiger partial charge < -0.3 is 9.73 Å². The van der Waals surface area contributed by atoms with Crippen LogP contribution in [0.4, 0.5) is 11.5 Å². The van der Waals surface area contributed by atoms with Gasteiger partial charge in [-0.1, -0.05) is 36.4 Å². The first-order chi connectivity index (χ1) is 13.6. The summed E-state index contributed by atoms with van der Waals surface area (Å²) in [4.78, 5) is 4.90. The van der Waals surface area contributed by atoms with Crippen molar-refractivity contribution in [1.82, 2.24) is 9.38 Å². The maximum atomic E-state index is 6.14. The highest BCUT2D eigenvalue weighted by Gasteiger charge is 2.19. The smallest absolute Gasteiger partial charge is 0.157 e. The fourth-order valence-electron chi connectivity index (χ4n) is 3.67. The molecule has 5 aromatic rings. The molecule has 0 bridgehead atoms. The van der Waals surface area contributed by atoms with E-state index in [-0.39, 0.29) is 0 Å². The summed E-state index contributed by atoms with van der Waals surface area (Å²) in [5.41, 5.74) is 7.22. The number of furan rings is 1. The van der Waals surface area contributed by atoms with Gasteiger partial charge in [-0.05, 0) is 61.7 Å². The highest BCUT2D eigenvalue weighted by molar-refractivity contribution is 5.86. The molecule has 4 heteroatoms. The van der Waals surface area contributed by atoms with Gasteiger partial charge in [-0.25, -0.2) is 4.98 Å². The SMILES string of the molecule is Cc1ccn2c(Nc3c(C)cccc3C)c(-c3cc4ccccc4o3)nc2c1. The second-order valence-electron chi connectivity index (χ2n) is 7.28. The Hall–Kier alpha value is -3.53. The van der Waals surface area contributed by atoms with Crippen LogP contribution in [-0.2, 0) is 0 Å². The first kappa shape index (κ1) is 16.6. The minimum absolute atomic E-state index is 0.760. The van der Waals surface area contributed by atoms with E-state index in [9.17, 15) is 0 Å². The van der Waals surface area contributed by atoms with Gasteiger partial charge in [0.05, 0.1) is 0 Å². The Labute approximate surface area is 163 Å². The number of nitrogens with one attached hydrogen (secondary N) is 1. The molecular formula is C24H21N3O. The zero-order chi connectivity index (χ0) is 19.3. The Morgan fingerprint density at radius 1 is 0.893 bits per heavy atom. The molecule has 3 aromatic heterocycles. The number of hydrogen-bond acceptors (Lipinski definition) is 3. The van der Waals surface area contributed by atoms with Crippen molar-refractivity contribution in [3.63, 3.8) is 0 Å². The molecule has 0 aliphatic rings. The number of anilines is 2. The third-order valence-corrected chi connectivity index (χ3v) is 5.17. The summed E-state index contributed by atoms with van der Waals surface area (Å²) in [5, 5.41) is 4.71. The normalized spacial score (nSPS) is 11.4. The number of fused-ring (bicyclic) bond motifs is 2. The summed E-state index contributed by atoms with van der Waals surface area (Å²) in [6.45, 7) is 6.31. The monoisotopic (exact) mass is 367 g/mol. The van der Waals surface area contributed by atoms with Crippen LogP contribution in [0.2, 0.25) is 0 Å². The van der Waals surface area contributed by atoms with Gasteiger partial charge in [0.1, 0.15) is 22.7 Å². The van der Waals surface area contributed by atoms with Crippen LogP contribution in [0.25, 0.3) is 28.1 Å². The quantitative estimate of drug-likeness (QED) is 0.400. The summed E-state index contributed by atoms with van der Waals surface area (Å²) in [6.07, 6.45) is 2.06. The molecule has 2 aromatic carbocycles. The number of benzene rings is 2. The van der Waals surface area contributed by atoms with Crippen molar-refractivity contribution in [1.29, 1.82) is 0 Å². The van der Waals surface area contributed by atoms with Crippen LogP contribution in [0.3, 0.4) is 0 Å². The average Bonchev–Trinajstić information content (AvgIpc) is 3.25. The van der Waals surface area contributed by atoms with Gasteiger partial charge in [-0.15, -0.1) is 0 Å². The lowest BCUT2D eigenvalue weighted by molar-refractivity contribution is 0.629. The maximum absolute atomic E-state index is 6.14. The van der Waals surface area contributed by atoms with Crippen molar-refractivity contribution < 1.29 is 4.42 Å². The van der Waals surface area contributed by atoms with E-state index in [2.05, 4.69) is 79.2 Å². The lowest BCUT2D eigenvalue weighted by Gasteiger charge is -2.13. The van der Waals surface area contributed by atoms with E-state index < -0.39 is 0 Å².